The van der Waals surface area contributed by atoms with Gasteiger partial charge >= 0.3 is 0 Å². The minimum Gasteiger partial charge on any atom is -0.361 e. The van der Waals surface area contributed by atoms with Gasteiger partial charge in [0.15, 0.2) is 0 Å². The van der Waals surface area contributed by atoms with Crippen LogP contribution in [-0.4, -0.2) is 60.8 Å². The molecule has 132 valence electrons. The van der Waals surface area contributed by atoms with E-state index in [0.29, 0.717) is 6.54 Å². The Kier molecular flexibility index (Phi) is 4.09. The van der Waals surface area contributed by atoms with Crippen LogP contribution < -0.4 is 0 Å². The SMILES string of the molecule is CON(CCF)C(=O)[C@@H]1C=C2c3cccc4[nH]cc(c34)C[C@H]2N(C)C1. The maximum atomic E-state index is 12.7. The first-order chi connectivity index (χ1) is 12.1. The van der Waals surface area contributed by atoms with Gasteiger partial charge < -0.3 is 4.98 Å². The van der Waals surface area contributed by atoms with Crippen molar-refractivity contribution in [1.82, 2.24) is 14.9 Å². The number of hydrogen-bond acceptors (Lipinski definition) is 3. The molecule has 0 saturated carbocycles. The zero-order valence-electron chi connectivity index (χ0n) is 14.5. The number of aromatic nitrogens is 1. The van der Waals surface area contributed by atoms with Crippen molar-refractivity contribution in [3.63, 3.8) is 0 Å². The molecule has 0 saturated heterocycles. The van der Waals surface area contributed by atoms with Crippen molar-refractivity contribution in [1.29, 1.82) is 0 Å². The summed E-state index contributed by atoms with van der Waals surface area (Å²) in [4.78, 5) is 23.4. The number of hydroxylamine groups is 2. The number of carbonyl (C=O) groups excluding carboxylic acids is 1. The third-order valence-electron chi connectivity index (χ3n) is 5.34. The molecule has 1 aliphatic heterocycles. The number of carbonyl (C=O) groups is 1. The Morgan fingerprint density at radius 3 is 3.08 bits per heavy atom. The zero-order chi connectivity index (χ0) is 17.6. The van der Waals surface area contributed by atoms with Crippen molar-refractivity contribution in [3.05, 3.63) is 41.6 Å². The van der Waals surface area contributed by atoms with Crippen molar-refractivity contribution in [2.24, 2.45) is 5.92 Å². The lowest BCUT2D eigenvalue weighted by atomic mass is 9.80. The van der Waals surface area contributed by atoms with Crippen molar-refractivity contribution < 1.29 is 14.0 Å². The second-order valence-corrected chi connectivity index (χ2v) is 6.74. The Hall–Kier alpha value is -2.18. The van der Waals surface area contributed by atoms with Crippen molar-refractivity contribution in [3.8, 4) is 0 Å². The predicted molar refractivity (Wildman–Crippen MR) is 94.6 cm³/mol. The van der Waals surface area contributed by atoms with E-state index in [4.69, 9.17) is 4.84 Å². The van der Waals surface area contributed by atoms with Crippen LogP contribution in [0.25, 0.3) is 16.5 Å². The van der Waals surface area contributed by atoms with Crippen molar-refractivity contribution in [2.75, 3.05) is 33.9 Å². The lowest BCUT2D eigenvalue weighted by Gasteiger charge is -2.40. The summed E-state index contributed by atoms with van der Waals surface area (Å²) in [5, 5.41) is 2.37. The highest BCUT2D eigenvalue weighted by atomic mass is 19.1. The van der Waals surface area contributed by atoms with Gasteiger partial charge in [-0.2, -0.15) is 0 Å². The molecule has 0 bridgehead atoms. The molecule has 1 amide bonds. The van der Waals surface area contributed by atoms with Gasteiger partial charge in [-0.3, -0.25) is 14.5 Å². The number of fused-ring (bicyclic) bond motifs is 2. The Morgan fingerprint density at radius 1 is 1.48 bits per heavy atom. The highest BCUT2D eigenvalue weighted by Crippen LogP contribution is 2.40. The van der Waals surface area contributed by atoms with Crippen molar-refractivity contribution >= 4 is 22.4 Å². The maximum Gasteiger partial charge on any atom is 0.254 e. The summed E-state index contributed by atoms with van der Waals surface area (Å²) >= 11 is 0. The fraction of sp³-hybridized carbons (Fsp3) is 0.421. The molecule has 1 aromatic carbocycles. The summed E-state index contributed by atoms with van der Waals surface area (Å²) in [5.41, 5.74) is 4.81. The Morgan fingerprint density at radius 2 is 2.32 bits per heavy atom. The highest BCUT2D eigenvalue weighted by molar-refractivity contribution is 5.99. The fourth-order valence-electron chi connectivity index (χ4n) is 4.16. The largest absolute Gasteiger partial charge is 0.361 e. The van der Waals surface area contributed by atoms with E-state index < -0.39 is 6.67 Å². The first-order valence-corrected chi connectivity index (χ1v) is 8.56. The molecule has 4 rings (SSSR count). The molecule has 2 atom stereocenters. The molecule has 2 aromatic rings. The summed E-state index contributed by atoms with van der Waals surface area (Å²) in [6.07, 6.45) is 5.07. The van der Waals surface area contributed by atoms with Gasteiger partial charge in [-0.25, -0.2) is 9.45 Å². The van der Waals surface area contributed by atoms with Gasteiger partial charge in [0.2, 0.25) is 0 Å². The van der Waals surface area contributed by atoms with Crippen LogP contribution in [0.1, 0.15) is 11.1 Å². The topological polar surface area (TPSA) is 48.6 Å². The summed E-state index contributed by atoms with van der Waals surface area (Å²) in [7, 11) is 3.45. The zero-order valence-corrected chi connectivity index (χ0v) is 14.5. The minimum atomic E-state index is -0.618. The number of hydrogen-bond donors (Lipinski definition) is 1. The van der Waals surface area contributed by atoms with Gasteiger partial charge in [0, 0.05) is 29.7 Å². The number of alkyl halides is 1. The van der Waals surface area contributed by atoms with E-state index in [1.54, 1.807) is 0 Å². The second kappa shape index (κ2) is 6.28. The summed E-state index contributed by atoms with van der Waals surface area (Å²) in [6.45, 7) is -0.0536. The molecule has 0 unspecified atom stereocenters. The standard InChI is InChI=1S/C19H22FN3O2/c1-22-11-13(19(24)23(25-2)7-6-20)8-15-14-4-3-5-16-18(14)12(10-21-16)9-17(15)22/h3-5,8,10,13,17,21H,6-7,9,11H2,1-2H3/t13-,17-/m1/s1. The van der Waals surface area contributed by atoms with E-state index in [0.717, 1.165) is 17.0 Å². The first kappa shape index (κ1) is 16.3. The van der Waals surface area contributed by atoms with E-state index >= 15 is 0 Å². The number of amides is 1. The predicted octanol–water partition coefficient (Wildman–Crippen LogP) is 2.40. The number of aromatic amines is 1. The molecule has 5 nitrogen and oxygen atoms in total. The minimum absolute atomic E-state index is 0.0420. The maximum absolute atomic E-state index is 12.7. The Balaban J connectivity index is 1.76. The van der Waals surface area contributed by atoms with Crippen LogP contribution in [0.3, 0.4) is 0 Å². The Bertz CT molecular complexity index is 844. The normalized spacial score (nSPS) is 22.6. The van der Waals surface area contributed by atoms with Gasteiger partial charge in [0.25, 0.3) is 5.91 Å². The Labute approximate surface area is 146 Å². The lowest BCUT2D eigenvalue weighted by Crippen LogP contribution is -2.47. The van der Waals surface area contributed by atoms with Crippen LogP contribution in [0.4, 0.5) is 4.39 Å². The molecule has 25 heavy (non-hydrogen) atoms. The van der Waals surface area contributed by atoms with E-state index in [1.807, 2.05) is 13.1 Å². The number of likely N-dealkylation sites (N-methyl/N-ethyl adjacent to an activating group) is 1. The average molecular weight is 343 g/mol. The monoisotopic (exact) mass is 343 g/mol. The molecule has 1 aliphatic carbocycles. The first-order valence-electron chi connectivity index (χ1n) is 8.56. The van der Waals surface area contributed by atoms with Crippen LogP contribution in [0.15, 0.2) is 30.5 Å². The van der Waals surface area contributed by atoms with Crippen LogP contribution >= 0.6 is 0 Å². The number of benzene rings is 1. The molecule has 0 fully saturated rings. The van der Waals surface area contributed by atoms with Crippen molar-refractivity contribution in [2.45, 2.75) is 12.5 Å². The van der Waals surface area contributed by atoms with Gasteiger partial charge in [0.1, 0.15) is 6.67 Å². The van der Waals surface area contributed by atoms with Gasteiger partial charge in [-0.05, 0) is 36.2 Å². The summed E-state index contributed by atoms with van der Waals surface area (Å²) in [6, 6.07) is 6.49. The lowest BCUT2D eigenvalue weighted by molar-refractivity contribution is -0.180. The van der Waals surface area contributed by atoms with Crippen LogP contribution in [-0.2, 0) is 16.1 Å². The van der Waals surface area contributed by atoms with E-state index in [2.05, 4.69) is 34.3 Å². The van der Waals surface area contributed by atoms with Crippen LogP contribution in [0, 0.1) is 5.92 Å². The highest BCUT2D eigenvalue weighted by Gasteiger charge is 2.36. The van der Waals surface area contributed by atoms with E-state index in [1.165, 1.54) is 29.2 Å². The molecular formula is C19H22FN3O2. The number of nitrogens with zero attached hydrogens (tertiary/aromatic N) is 2. The quantitative estimate of drug-likeness (QED) is 0.868. The third kappa shape index (κ3) is 2.56. The summed E-state index contributed by atoms with van der Waals surface area (Å²) < 4.78 is 12.7. The number of nitrogens with one attached hydrogen (secondary N) is 1. The van der Waals surface area contributed by atoms with E-state index in [-0.39, 0.29) is 24.4 Å². The molecular weight excluding hydrogens is 321 g/mol. The molecule has 6 heteroatoms. The molecule has 2 heterocycles. The van der Waals surface area contributed by atoms with Gasteiger partial charge in [-0.15, -0.1) is 0 Å². The fourth-order valence-corrected chi connectivity index (χ4v) is 4.16. The summed E-state index contributed by atoms with van der Waals surface area (Å²) in [5.74, 6) is -0.525. The molecule has 0 radical (unpaired) electrons. The molecule has 1 aromatic heterocycles. The second-order valence-electron chi connectivity index (χ2n) is 6.74. The van der Waals surface area contributed by atoms with Gasteiger partial charge in [-0.1, -0.05) is 18.2 Å². The smallest absolute Gasteiger partial charge is 0.254 e. The molecule has 1 N–H and O–H groups in total. The number of rotatable bonds is 4. The van der Waals surface area contributed by atoms with Crippen LogP contribution in [0.2, 0.25) is 0 Å². The van der Waals surface area contributed by atoms with Crippen LogP contribution in [0.5, 0.6) is 0 Å². The van der Waals surface area contributed by atoms with E-state index in [9.17, 15) is 9.18 Å². The van der Waals surface area contributed by atoms with Gasteiger partial charge in [0.05, 0.1) is 19.6 Å². The third-order valence-corrected chi connectivity index (χ3v) is 5.34. The number of halogens is 1. The molecule has 2 aliphatic rings. The number of H-pyrrole nitrogens is 1. The molecule has 0 spiro atoms. The average Bonchev–Trinajstić information content (AvgIpc) is 3.04.